The Morgan fingerprint density at radius 2 is 2.08 bits per heavy atom. The van der Waals surface area contributed by atoms with Crippen LogP contribution < -0.4 is 10.1 Å². The quantitative estimate of drug-likeness (QED) is 0.664. The second kappa shape index (κ2) is 7.86. The minimum atomic E-state index is -0.487. The number of carbonyl (C=O) groups is 2. The second-order valence-electron chi connectivity index (χ2n) is 4.96. The molecule has 0 unspecified atom stereocenters. The third-order valence-electron chi connectivity index (χ3n) is 3.26. The van der Waals surface area contributed by atoms with Crippen molar-refractivity contribution in [2.75, 3.05) is 12.9 Å². The molecule has 128 valence electrons. The molecule has 0 fully saturated rings. The Labute approximate surface area is 157 Å². The number of thioether (sulfide) groups is 1. The average molecular weight is 393 g/mol. The minimum absolute atomic E-state index is 0.0917. The zero-order valence-electron chi connectivity index (χ0n) is 13.1. The van der Waals surface area contributed by atoms with Gasteiger partial charge in [-0.3, -0.25) is 14.9 Å². The molecule has 2 amide bonds. The Morgan fingerprint density at radius 3 is 2.88 bits per heavy atom. The monoisotopic (exact) mass is 392 g/mol. The largest absolute Gasteiger partial charge is 0.496 e. The van der Waals surface area contributed by atoms with Gasteiger partial charge in [0.25, 0.3) is 5.91 Å². The fourth-order valence-corrected chi connectivity index (χ4v) is 4.15. The van der Waals surface area contributed by atoms with Crippen molar-refractivity contribution < 1.29 is 14.3 Å². The molecule has 1 heterocycles. The highest BCUT2D eigenvalue weighted by Crippen LogP contribution is 2.30. The molecule has 0 bridgehead atoms. The minimum Gasteiger partial charge on any atom is -0.496 e. The van der Waals surface area contributed by atoms with Gasteiger partial charge >= 0.3 is 0 Å². The van der Waals surface area contributed by atoms with Gasteiger partial charge in [0.15, 0.2) is 4.34 Å². The summed E-state index contributed by atoms with van der Waals surface area (Å²) in [6, 6.07) is 12.2. The number of hydrogen-bond acceptors (Lipinski definition) is 6. The third kappa shape index (κ3) is 4.31. The Balaban J connectivity index is 1.61. The van der Waals surface area contributed by atoms with E-state index in [2.05, 4.69) is 10.3 Å². The summed E-state index contributed by atoms with van der Waals surface area (Å²) in [4.78, 5) is 28.6. The Bertz CT molecular complexity index is 943. The molecule has 1 N–H and O–H groups in total. The normalized spacial score (nSPS) is 10.6. The molecule has 25 heavy (non-hydrogen) atoms. The van der Waals surface area contributed by atoms with E-state index < -0.39 is 11.8 Å². The van der Waals surface area contributed by atoms with Crippen molar-refractivity contribution in [3.8, 4) is 5.75 Å². The van der Waals surface area contributed by atoms with Crippen LogP contribution in [0.5, 0.6) is 5.75 Å². The highest BCUT2D eigenvalue weighted by atomic mass is 35.5. The number of nitrogens with zero attached hydrogens (tertiary/aromatic N) is 1. The first-order chi connectivity index (χ1) is 12.1. The maximum atomic E-state index is 12.2. The Hall–Kier alpha value is -2.09. The Morgan fingerprint density at radius 1 is 1.28 bits per heavy atom. The zero-order chi connectivity index (χ0) is 17.8. The van der Waals surface area contributed by atoms with Gasteiger partial charge < -0.3 is 4.74 Å². The van der Waals surface area contributed by atoms with Crippen LogP contribution in [0.25, 0.3) is 10.2 Å². The fraction of sp³-hybridized carbons (Fsp3) is 0.118. The van der Waals surface area contributed by atoms with Crippen molar-refractivity contribution in [3.63, 3.8) is 0 Å². The lowest BCUT2D eigenvalue weighted by Gasteiger charge is -2.07. The van der Waals surface area contributed by atoms with Gasteiger partial charge in [-0.15, -0.1) is 11.3 Å². The van der Waals surface area contributed by atoms with Crippen LogP contribution in [0, 0.1) is 0 Å². The number of rotatable bonds is 5. The van der Waals surface area contributed by atoms with E-state index >= 15 is 0 Å². The number of ether oxygens (including phenoxy) is 1. The summed E-state index contributed by atoms with van der Waals surface area (Å²) in [7, 11) is 1.48. The summed E-state index contributed by atoms with van der Waals surface area (Å²) < 4.78 is 6.87. The van der Waals surface area contributed by atoms with Crippen LogP contribution in [0.1, 0.15) is 10.4 Å². The van der Waals surface area contributed by atoms with Crippen molar-refractivity contribution in [1.29, 1.82) is 0 Å². The second-order valence-corrected chi connectivity index (χ2v) is 7.65. The van der Waals surface area contributed by atoms with Gasteiger partial charge in [-0.25, -0.2) is 4.98 Å². The molecule has 0 aliphatic rings. The van der Waals surface area contributed by atoms with Gasteiger partial charge in [-0.2, -0.15) is 0 Å². The van der Waals surface area contributed by atoms with Crippen molar-refractivity contribution in [2.24, 2.45) is 0 Å². The first kappa shape index (κ1) is 17.7. The highest BCUT2D eigenvalue weighted by Gasteiger charge is 2.15. The molecule has 2 aromatic carbocycles. The molecule has 3 rings (SSSR count). The molecule has 0 saturated carbocycles. The van der Waals surface area contributed by atoms with Crippen LogP contribution in [-0.2, 0) is 4.79 Å². The number of hydrogen-bond donors (Lipinski definition) is 1. The number of aromatic nitrogens is 1. The predicted octanol–water partition coefficient (Wildman–Crippen LogP) is 4.01. The van der Waals surface area contributed by atoms with E-state index in [-0.39, 0.29) is 5.75 Å². The summed E-state index contributed by atoms with van der Waals surface area (Å²) in [6.07, 6.45) is 0. The maximum Gasteiger partial charge on any atom is 0.261 e. The Kier molecular flexibility index (Phi) is 5.57. The van der Waals surface area contributed by atoms with Crippen molar-refractivity contribution in [1.82, 2.24) is 10.3 Å². The van der Waals surface area contributed by atoms with Gasteiger partial charge in [0.05, 0.1) is 28.6 Å². The lowest BCUT2D eigenvalue weighted by atomic mass is 10.2. The van der Waals surface area contributed by atoms with E-state index in [1.165, 1.54) is 30.2 Å². The molecule has 0 saturated heterocycles. The van der Waals surface area contributed by atoms with E-state index in [4.69, 9.17) is 16.3 Å². The molecule has 0 radical (unpaired) electrons. The van der Waals surface area contributed by atoms with Crippen LogP contribution in [0.4, 0.5) is 0 Å². The van der Waals surface area contributed by atoms with Gasteiger partial charge in [0, 0.05) is 5.02 Å². The number of benzene rings is 2. The maximum absolute atomic E-state index is 12.2. The molecule has 0 aliphatic carbocycles. The summed E-state index contributed by atoms with van der Waals surface area (Å²) in [5, 5.41) is 2.98. The molecule has 1 aromatic heterocycles. The molecule has 0 atom stereocenters. The topological polar surface area (TPSA) is 68.3 Å². The molecule has 0 spiro atoms. The van der Waals surface area contributed by atoms with E-state index in [1.54, 1.807) is 36.4 Å². The number of para-hydroxylation sites is 1. The third-order valence-corrected chi connectivity index (χ3v) is 5.68. The molecular weight excluding hydrogens is 380 g/mol. The first-order valence-electron chi connectivity index (χ1n) is 7.23. The van der Waals surface area contributed by atoms with Crippen molar-refractivity contribution >= 4 is 56.7 Å². The van der Waals surface area contributed by atoms with Crippen molar-refractivity contribution in [2.45, 2.75) is 4.34 Å². The fourth-order valence-electron chi connectivity index (χ4n) is 2.13. The smallest absolute Gasteiger partial charge is 0.261 e. The van der Waals surface area contributed by atoms with E-state index in [0.717, 1.165) is 14.6 Å². The SMILES string of the molecule is COc1ccccc1C(=O)NC(=O)CSc1nc2cc(Cl)ccc2s1. The zero-order valence-corrected chi connectivity index (χ0v) is 15.5. The number of halogens is 1. The lowest BCUT2D eigenvalue weighted by Crippen LogP contribution is -2.32. The number of imide groups is 1. The van der Waals surface area contributed by atoms with E-state index in [9.17, 15) is 9.59 Å². The van der Waals surface area contributed by atoms with Crippen LogP contribution in [0.15, 0.2) is 46.8 Å². The molecule has 5 nitrogen and oxygen atoms in total. The van der Waals surface area contributed by atoms with Gasteiger partial charge in [-0.05, 0) is 30.3 Å². The molecule has 0 aliphatic heterocycles. The standard InChI is InChI=1S/C17H13ClN2O3S2/c1-23-13-5-3-2-4-11(13)16(22)20-15(21)9-24-17-19-12-8-10(18)6-7-14(12)25-17/h2-8H,9H2,1H3,(H,20,21,22). The highest BCUT2D eigenvalue weighted by molar-refractivity contribution is 8.01. The van der Waals surface area contributed by atoms with Crippen LogP contribution >= 0.6 is 34.7 Å². The van der Waals surface area contributed by atoms with Crippen LogP contribution in [0.3, 0.4) is 0 Å². The number of carbonyl (C=O) groups excluding carboxylic acids is 2. The van der Waals surface area contributed by atoms with E-state index in [1.807, 2.05) is 6.07 Å². The summed E-state index contributed by atoms with van der Waals surface area (Å²) >= 11 is 8.70. The van der Waals surface area contributed by atoms with Crippen LogP contribution in [-0.4, -0.2) is 29.7 Å². The van der Waals surface area contributed by atoms with Gasteiger partial charge in [-0.1, -0.05) is 35.5 Å². The summed E-state index contributed by atoms with van der Waals surface area (Å²) in [5.41, 5.74) is 1.11. The number of amides is 2. The number of fused-ring (bicyclic) bond motifs is 1. The molecular formula is C17H13ClN2O3S2. The molecule has 8 heteroatoms. The molecule has 3 aromatic rings. The number of nitrogens with one attached hydrogen (secondary N) is 1. The lowest BCUT2D eigenvalue weighted by molar-refractivity contribution is -0.117. The number of thiazole rings is 1. The van der Waals surface area contributed by atoms with E-state index in [0.29, 0.717) is 16.3 Å². The van der Waals surface area contributed by atoms with Crippen LogP contribution in [0.2, 0.25) is 5.02 Å². The van der Waals surface area contributed by atoms with Gasteiger partial charge in [0.1, 0.15) is 5.75 Å². The summed E-state index contributed by atoms with van der Waals surface area (Å²) in [6.45, 7) is 0. The van der Waals surface area contributed by atoms with Crippen molar-refractivity contribution in [3.05, 3.63) is 53.1 Å². The first-order valence-corrected chi connectivity index (χ1v) is 9.41. The summed E-state index contributed by atoms with van der Waals surface area (Å²) in [5.74, 6) is -0.366. The average Bonchev–Trinajstić information content (AvgIpc) is 3.01. The number of methoxy groups -OCH3 is 1. The van der Waals surface area contributed by atoms with Gasteiger partial charge in [0.2, 0.25) is 5.91 Å². The predicted molar refractivity (Wildman–Crippen MR) is 101 cm³/mol.